The number of anilines is 2. The van der Waals surface area contributed by atoms with Crippen LogP contribution in [-0.4, -0.2) is 30.4 Å². The molecule has 0 radical (unpaired) electrons. The van der Waals surface area contributed by atoms with Gasteiger partial charge in [-0.05, 0) is 88.9 Å². The molecule has 11 heteroatoms. The molecule has 0 aliphatic carbocycles. The summed E-state index contributed by atoms with van der Waals surface area (Å²) in [5.74, 6) is -1.61. The second kappa shape index (κ2) is 11.4. The van der Waals surface area contributed by atoms with Crippen molar-refractivity contribution in [3.8, 4) is 5.75 Å². The number of rotatable bonds is 6. The van der Waals surface area contributed by atoms with Gasteiger partial charge in [0.1, 0.15) is 11.3 Å². The van der Waals surface area contributed by atoms with E-state index in [1.54, 1.807) is 61.5 Å². The first-order valence-corrected chi connectivity index (χ1v) is 12.7. The van der Waals surface area contributed by atoms with Crippen molar-refractivity contribution in [3.05, 3.63) is 91.4 Å². The highest BCUT2D eigenvalue weighted by atomic mass is 79.9. The van der Waals surface area contributed by atoms with E-state index in [0.29, 0.717) is 37.1 Å². The maximum absolute atomic E-state index is 13.2. The zero-order valence-electron chi connectivity index (χ0n) is 20.1. The predicted octanol–water partition coefficient (Wildman–Crippen LogP) is 6.06. The fourth-order valence-corrected chi connectivity index (χ4v) is 4.48. The number of hydrogen-bond donors (Lipinski definition) is 2. The van der Waals surface area contributed by atoms with Crippen molar-refractivity contribution < 1.29 is 23.9 Å². The highest BCUT2D eigenvalue weighted by molar-refractivity contribution is 9.10. The Morgan fingerprint density at radius 3 is 2.53 bits per heavy atom. The van der Waals surface area contributed by atoms with Gasteiger partial charge in [-0.15, -0.1) is 0 Å². The number of aryl methyl sites for hydroxylation is 1. The number of imide groups is 2. The van der Waals surface area contributed by atoms with Gasteiger partial charge in [-0.25, -0.2) is 9.69 Å². The summed E-state index contributed by atoms with van der Waals surface area (Å²) in [7, 11) is 0. The van der Waals surface area contributed by atoms with Crippen LogP contribution in [0, 0.1) is 13.8 Å². The summed E-state index contributed by atoms with van der Waals surface area (Å²) in [6, 6.07) is 13.9. The Morgan fingerprint density at radius 1 is 1.05 bits per heavy atom. The van der Waals surface area contributed by atoms with Crippen LogP contribution in [-0.2, 0) is 14.4 Å². The van der Waals surface area contributed by atoms with Gasteiger partial charge in [-0.1, -0.05) is 41.4 Å². The molecule has 2 N–H and O–H groups in total. The van der Waals surface area contributed by atoms with Crippen LogP contribution in [0.1, 0.15) is 16.7 Å². The molecular formula is C27H20BrCl2N3O5. The van der Waals surface area contributed by atoms with Gasteiger partial charge in [0.05, 0.1) is 10.2 Å². The van der Waals surface area contributed by atoms with E-state index in [4.69, 9.17) is 27.9 Å². The molecule has 8 nitrogen and oxygen atoms in total. The molecule has 1 aliphatic rings. The molecule has 3 aromatic carbocycles. The highest BCUT2D eigenvalue weighted by Crippen LogP contribution is 2.31. The van der Waals surface area contributed by atoms with E-state index in [0.717, 1.165) is 10.5 Å². The number of nitrogens with zero attached hydrogens (tertiary/aromatic N) is 1. The topological polar surface area (TPSA) is 105 Å². The fraction of sp³-hybridized carbons (Fsp3) is 0.111. The SMILES string of the molecule is Cc1ccc(NC(=O)COc2ccc(/C=C3/C(=O)NC(=O)N(c4cccc(Cl)c4C)C3=O)cc2Br)cc1Cl. The lowest BCUT2D eigenvalue weighted by Crippen LogP contribution is -2.54. The van der Waals surface area contributed by atoms with Gasteiger partial charge >= 0.3 is 6.03 Å². The number of nitrogens with one attached hydrogen (secondary N) is 2. The Bertz CT molecular complexity index is 1520. The third kappa shape index (κ3) is 5.91. The molecule has 5 amide bonds. The fourth-order valence-electron chi connectivity index (χ4n) is 3.62. The molecule has 0 saturated carbocycles. The molecule has 0 unspecified atom stereocenters. The van der Waals surface area contributed by atoms with E-state index in [-0.39, 0.29) is 23.8 Å². The summed E-state index contributed by atoms with van der Waals surface area (Å²) >= 11 is 15.6. The van der Waals surface area contributed by atoms with Gasteiger partial charge in [0.25, 0.3) is 17.7 Å². The smallest absolute Gasteiger partial charge is 0.335 e. The Hall–Kier alpha value is -3.66. The second-order valence-corrected chi connectivity index (χ2v) is 10.0. The van der Waals surface area contributed by atoms with E-state index in [9.17, 15) is 19.2 Å². The number of amides is 5. The number of carbonyl (C=O) groups excluding carboxylic acids is 4. The van der Waals surface area contributed by atoms with Gasteiger partial charge in [0.2, 0.25) is 0 Å². The van der Waals surface area contributed by atoms with Crippen LogP contribution in [0.15, 0.2) is 64.6 Å². The number of barbiturate groups is 1. The average Bonchev–Trinajstić information content (AvgIpc) is 2.86. The second-order valence-electron chi connectivity index (χ2n) is 8.33. The molecular weight excluding hydrogens is 597 g/mol. The summed E-state index contributed by atoms with van der Waals surface area (Å²) < 4.78 is 6.09. The number of urea groups is 1. The summed E-state index contributed by atoms with van der Waals surface area (Å²) in [5, 5.41) is 5.81. The Kier molecular flexibility index (Phi) is 8.20. The summed E-state index contributed by atoms with van der Waals surface area (Å²) in [6.45, 7) is 3.27. The van der Waals surface area contributed by atoms with Gasteiger partial charge in [0, 0.05) is 15.7 Å². The summed E-state index contributed by atoms with van der Waals surface area (Å²) in [5.41, 5.74) is 2.48. The monoisotopic (exact) mass is 615 g/mol. The van der Waals surface area contributed by atoms with Crippen LogP contribution in [0.5, 0.6) is 5.75 Å². The molecule has 194 valence electrons. The van der Waals surface area contributed by atoms with Crippen molar-refractivity contribution >= 4 is 80.3 Å². The number of benzene rings is 3. The summed E-state index contributed by atoms with van der Waals surface area (Å²) in [6.07, 6.45) is 1.36. The van der Waals surface area contributed by atoms with E-state index in [1.165, 1.54) is 6.08 Å². The zero-order valence-corrected chi connectivity index (χ0v) is 23.2. The van der Waals surface area contributed by atoms with E-state index in [2.05, 4.69) is 26.6 Å². The Labute approximate surface area is 236 Å². The Balaban J connectivity index is 1.49. The lowest BCUT2D eigenvalue weighted by atomic mass is 10.1. The molecule has 38 heavy (non-hydrogen) atoms. The van der Waals surface area contributed by atoms with Crippen molar-refractivity contribution in [3.63, 3.8) is 0 Å². The highest BCUT2D eigenvalue weighted by Gasteiger charge is 2.37. The first kappa shape index (κ1) is 27.4. The van der Waals surface area contributed by atoms with Gasteiger partial charge in [-0.3, -0.25) is 19.7 Å². The lowest BCUT2D eigenvalue weighted by Gasteiger charge is -2.27. The third-order valence-corrected chi connectivity index (χ3v) is 7.10. The number of halogens is 3. The van der Waals surface area contributed by atoms with Crippen LogP contribution in [0.2, 0.25) is 10.0 Å². The first-order valence-electron chi connectivity index (χ1n) is 11.2. The van der Waals surface area contributed by atoms with Crippen LogP contribution in [0.4, 0.5) is 16.2 Å². The first-order chi connectivity index (χ1) is 18.0. The molecule has 1 fully saturated rings. The van der Waals surface area contributed by atoms with E-state index >= 15 is 0 Å². The van der Waals surface area contributed by atoms with Gasteiger partial charge in [0.15, 0.2) is 6.61 Å². The van der Waals surface area contributed by atoms with Crippen molar-refractivity contribution in [2.45, 2.75) is 13.8 Å². The average molecular weight is 617 g/mol. The number of hydrogen-bond acceptors (Lipinski definition) is 5. The normalized spacial score (nSPS) is 14.5. The largest absolute Gasteiger partial charge is 0.483 e. The minimum atomic E-state index is -0.862. The van der Waals surface area contributed by atoms with Crippen molar-refractivity contribution in [1.82, 2.24) is 5.32 Å². The molecule has 3 aromatic rings. The van der Waals surface area contributed by atoms with Crippen LogP contribution < -0.4 is 20.3 Å². The van der Waals surface area contributed by atoms with E-state index < -0.39 is 17.8 Å². The van der Waals surface area contributed by atoms with Gasteiger partial charge < -0.3 is 10.1 Å². The quantitative estimate of drug-likeness (QED) is 0.259. The van der Waals surface area contributed by atoms with Crippen molar-refractivity contribution in [2.75, 3.05) is 16.8 Å². The maximum atomic E-state index is 13.2. The minimum Gasteiger partial charge on any atom is -0.483 e. The molecule has 0 atom stereocenters. The van der Waals surface area contributed by atoms with Crippen LogP contribution in [0.3, 0.4) is 0 Å². The van der Waals surface area contributed by atoms with Crippen molar-refractivity contribution in [2.24, 2.45) is 0 Å². The van der Waals surface area contributed by atoms with Crippen LogP contribution in [0.25, 0.3) is 6.08 Å². The lowest BCUT2D eigenvalue weighted by molar-refractivity contribution is -0.122. The van der Waals surface area contributed by atoms with Gasteiger partial charge in [-0.2, -0.15) is 0 Å². The molecule has 1 aliphatic heterocycles. The van der Waals surface area contributed by atoms with Crippen molar-refractivity contribution in [1.29, 1.82) is 0 Å². The number of ether oxygens (including phenoxy) is 1. The summed E-state index contributed by atoms with van der Waals surface area (Å²) in [4.78, 5) is 51.3. The Morgan fingerprint density at radius 2 is 1.82 bits per heavy atom. The number of carbonyl (C=O) groups is 4. The van der Waals surface area contributed by atoms with E-state index in [1.807, 2.05) is 6.92 Å². The molecule has 1 saturated heterocycles. The molecule has 0 spiro atoms. The standard InChI is InChI=1S/C27H20BrCl2N3O5/c1-14-6-8-17(12-21(14)30)31-24(34)13-38-23-9-7-16(11-19(23)28)10-18-25(35)32-27(37)33(26(18)36)22-5-3-4-20(29)15(22)2/h3-12H,13H2,1-2H3,(H,31,34)(H,32,35,37)/b18-10-. The minimum absolute atomic E-state index is 0.235. The maximum Gasteiger partial charge on any atom is 0.335 e. The third-order valence-electron chi connectivity index (χ3n) is 5.66. The molecule has 0 bridgehead atoms. The zero-order chi connectivity index (χ0) is 27.6. The van der Waals surface area contributed by atoms with Crippen LogP contribution >= 0.6 is 39.1 Å². The molecule has 4 rings (SSSR count). The predicted molar refractivity (Wildman–Crippen MR) is 150 cm³/mol. The molecule has 0 aromatic heterocycles. The molecule has 1 heterocycles.